The lowest BCUT2D eigenvalue weighted by Gasteiger charge is -2.35. The number of nitrogens with zero attached hydrogens (tertiary/aromatic N) is 1. The number of H-pyrrole nitrogens is 1. The summed E-state index contributed by atoms with van der Waals surface area (Å²) in [6, 6.07) is 31.5. The predicted molar refractivity (Wildman–Crippen MR) is 153 cm³/mol. The van der Waals surface area contributed by atoms with Gasteiger partial charge in [-0.15, -0.1) is 0 Å². The Hall–Kier alpha value is -4.08. The van der Waals surface area contributed by atoms with Gasteiger partial charge in [-0.3, -0.25) is 4.79 Å². The molecule has 210 valence electrons. The molecule has 0 radical (unpaired) electrons. The van der Waals surface area contributed by atoms with E-state index in [4.69, 9.17) is 28.3 Å². The Morgan fingerprint density at radius 2 is 1.44 bits per heavy atom. The van der Waals surface area contributed by atoms with Crippen LogP contribution in [0.2, 0.25) is 0 Å². The molecule has 0 amide bonds. The van der Waals surface area contributed by atoms with Crippen molar-refractivity contribution in [1.29, 1.82) is 0 Å². The number of ether oxygens (including phenoxy) is 4. The molecule has 1 saturated heterocycles. The number of hydrogen-bond donors (Lipinski definition) is 1. The molecule has 1 unspecified atom stereocenters. The van der Waals surface area contributed by atoms with Crippen LogP contribution < -0.4 is 5.56 Å². The van der Waals surface area contributed by atoms with Crippen LogP contribution in [0.5, 0.6) is 0 Å². The number of hydrogen-bond acceptors (Lipinski definition) is 7. The number of aromatic amines is 1. The zero-order valence-electron chi connectivity index (χ0n) is 22.8. The molecule has 0 bridgehead atoms. The summed E-state index contributed by atoms with van der Waals surface area (Å²) in [7, 11) is 0. The number of aromatic nitrogens is 2. The molecule has 0 aliphatic carbocycles. The minimum absolute atomic E-state index is 0.165. The van der Waals surface area contributed by atoms with Crippen LogP contribution in [0.25, 0.3) is 11.1 Å². The van der Waals surface area contributed by atoms with Gasteiger partial charge in [0.25, 0.3) is 5.56 Å². The van der Waals surface area contributed by atoms with Gasteiger partial charge in [-0.25, -0.2) is 4.98 Å². The third kappa shape index (κ3) is 6.01. The minimum Gasteiger partial charge on any atom is -0.457 e. The molecule has 6 rings (SSSR count). The van der Waals surface area contributed by atoms with E-state index in [9.17, 15) is 4.79 Å². The molecule has 8 nitrogen and oxygen atoms in total. The quantitative estimate of drug-likeness (QED) is 0.223. The normalized spacial score (nSPS) is 22.3. The maximum atomic E-state index is 12.9. The van der Waals surface area contributed by atoms with Crippen molar-refractivity contribution in [3.8, 4) is 0 Å². The van der Waals surface area contributed by atoms with Gasteiger partial charge in [0, 0.05) is 6.07 Å². The molecule has 3 heterocycles. The van der Waals surface area contributed by atoms with Crippen molar-refractivity contribution in [2.45, 2.75) is 50.7 Å². The summed E-state index contributed by atoms with van der Waals surface area (Å²) in [6.45, 7) is 3.30. The van der Waals surface area contributed by atoms with Crippen molar-refractivity contribution in [2.24, 2.45) is 0 Å². The highest BCUT2D eigenvalue weighted by molar-refractivity contribution is 5.70. The van der Waals surface area contributed by atoms with E-state index >= 15 is 0 Å². The fourth-order valence-electron chi connectivity index (χ4n) is 5.25. The van der Waals surface area contributed by atoms with Gasteiger partial charge in [0.05, 0.1) is 32.7 Å². The zero-order chi connectivity index (χ0) is 28.1. The Kier molecular flexibility index (Phi) is 8.07. The van der Waals surface area contributed by atoms with E-state index in [2.05, 4.69) is 4.98 Å². The first-order valence-corrected chi connectivity index (χ1v) is 13.7. The average Bonchev–Trinajstić information content (AvgIpc) is 3.60. The largest absolute Gasteiger partial charge is 0.457 e. The smallest absolute Gasteiger partial charge is 0.294 e. The monoisotopic (exact) mass is 552 g/mol. The van der Waals surface area contributed by atoms with Gasteiger partial charge < -0.3 is 28.3 Å². The molecule has 1 aliphatic heterocycles. The maximum Gasteiger partial charge on any atom is 0.294 e. The van der Waals surface area contributed by atoms with E-state index in [1.54, 1.807) is 6.07 Å². The standard InChI is InChI=1S/C33H32N2O6/c1-33(40-21-25-15-9-4-10-16-25)29(39-20-24-13-7-3-8-14-24)27(22-37-19-23-11-5-2-6-12-23)41-30(33)31-34-26-17-18-38-28(26)32(36)35-31/h2-18,27,29-30H,19-22H2,1H3,(H,34,35,36)/t27-,29-,30?,33-/m1/s1. The van der Waals surface area contributed by atoms with Crippen LogP contribution >= 0.6 is 0 Å². The first-order valence-electron chi connectivity index (χ1n) is 13.7. The number of benzene rings is 3. The highest BCUT2D eigenvalue weighted by Gasteiger charge is 2.57. The summed E-state index contributed by atoms with van der Waals surface area (Å²) < 4.78 is 31.4. The molecule has 1 aliphatic rings. The minimum atomic E-state index is -1.03. The fraction of sp³-hybridized carbons (Fsp3) is 0.273. The summed E-state index contributed by atoms with van der Waals surface area (Å²) in [5, 5.41) is 0. The van der Waals surface area contributed by atoms with Gasteiger partial charge in [-0.2, -0.15) is 0 Å². The second-order valence-corrected chi connectivity index (χ2v) is 10.3. The third-order valence-electron chi connectivity index (χ3n) is 7.37. The predicted octanol–water partition coefficient (Wildman–Crippen LogP) is 5.73. The lowest BCUT2D eigenvalue weighted by molar-refractivity contribution is -0.148. The Labute approximate surface area is 237 Å². The molecule has 2 aromatic heterocycles. The zero-order valence-corrected chi connectivity index (χ0v) is 22.8. The van der Waals surface area contributed by atoms with Gasteiger partial charge in [0.15, 0.2) is 0 Å². The first kappa shape index (κ1) is 27.1. The molecule has 4 atom stereocenters. The Morgan fingerprint density at radius 3 is 2.10 bits per heavy atom. The van der Waals surface area contributed by atoms with E-state index in [1.807, 2.05) is 97.9 Å². The van der Waals surface area contributed by atoms with E-state index < -0.39 is 23.9 Å². The Bertz CT molecular complexity index is 1600. The molecule has 0 saturated carbocycles. The van der Waals surface area contributed by atoms with Crippen molar-refractivity contribution in [3.05, 3.63) is 136 Å². The fourth-order valence-corrected chi connectivity index (χ4v) is 5.25. The van der Waals surface area contributed by atoms with E-state index in [-0.39, 0.29) is 17.7 Å². The van der Waals surface area contributed by atoms with Crippen molar-refractivity contribution in [3.63, 3.8) is 0 Å². The molecule has 5 aromatic rings. The second-order valence-electron chi connectivity index (χ2n) is 10.3. The van der Waals surface area contributed by atoms with Crippen LogP contribution in [-0.2, 0) is 38.8 Å². The summed E-state index contributed by atoms with van der Waals surface area (Å²) in [4.78, 5) is 20.4. The molecule has 3 aromatic carbocycles. The van der Waals surface area contributed by atoms with Gasteiger partial charge in [0.1, 0.15) is 35.3 Å². The second kappa shape index (κ2) is 12.2. The molecular formula is C33H32N2O6. The Balaban J connectivity index is 1.33. The van der Waals surface area contributed by atoms with Gasteiger partial charge in [-0.05, 0) is 23.6 Å². The van der Waals surface area contributed by atoms with Crippen molar-refractivity contribution in [2.75, 3.05) is 6.61 Å². The van der Waals surface area contributed by atoms with Crippen LogP contribution in [-0.4, -0.2) is 34.4 Å². The van der Waals surface area contributed by atoms with Crippen LogP contribution in [0.15, 0.2) is 113 Å². The highest BCUT2D eigenvalue weighted by atomic mass is 16.6. The number of rotatable bonds is 11. The first-order chi connectivity index (χ1) is 20.1. The Morgan fingerprint density at radius 1 is 0.829 bits per heavy atom. The van der Waals surface area contributed by atoms with Crippen LogP contribution in [0.1, 0.15) is 35.5 Å². The number of fused-ring (bicyclic) bond motifs is 1. The molecule has 41 heavy (non-hydrogen) atoms. The molecular weight excluding hydrogens is 520 g/mol. The lowest BCUT2D eigenvalue weighted by Crippen LogP contribution is -2.47. The molecule has 8 heteroatoms. The summed E-state index contributed by atoms with van der Waals surface area (Å²) >= 11 is 0. The van der Waals surface area contributed by atoms with Crippen LogP contribution in [0.3, 0.4) is 0 Å². The van der Waals surface area contributed by atoms with Crippen LogP contribution in [0, 0.1) is 0 Å². The van der Waals surface area contributed by atoms with E-state index in [0.717, 1.165) is 16.7 Å². The topological polar surface area (TPSA) is 95.8 Å². The van der Waals surface area contributed by atoms with E-state index in [1.165, 1.54) is 6.26 Å². The summed E-state index contributed by atoms with van der Waals surface area (Å²) in [5.74, 6) is 0.346. The van der Waals surface area contributed by atoms with Crippen molar-refractivity contribution < 1.29 is 23.4 Å². The number of nitrogens with one attached hydrogen (secondary N) is 1. The van der Waals surface area contributed by atoms with Gasteiger partial charge in [0.2, 0.25) is 5.58 Å². The third-order valence-corrected chi connectivity index (χ3v) is 7.37. The van der Waals surface area contributed by atoms with E-state index in [0.29, 0.717) is 31.2 Å². The summed E-state index contributed by atoms with van der Waals surface area (Å²) in [6.07, 6.45) is -0.344. The SMILES string of the molecule is C[C@]1(OCc2ccccc2)C(c2nc3ccoc3c(=O)[nH]2)O[C@H](COCc2ccccc2)[C@H]1OCc1ccccc1. The number of furan rings is 1. The molecule has 1 fully saturated rings. The van der Waals surface area contributed by atoms with Gasteiger partial charge in [-0.1, -0.05) is 91.0 Å². The lowest BCUT2D eigenvalue weighted by atomic mass is 9.91. The molecule has 1 N–H and O–H groups in total. The highest BCUT2D eigenvalue weighted by Crippen LogP contribution is 2.45. The van der Waals surface area contributed by atoms with Crippen LogP contribution in [0.4, 0.5) is 0 Å². The van der Waals surface area contributed by atoms with Gasteiger partial charge >= 0.3 is 0 Å². The van der Waals surface area contributed by atoms with Crippen molar-refractivity contribution in [1.82, 2.24) is 9.97 Å². The maximum absolute atomic E-state index is 12.9. The summed E-state index contributed by atoms with van der Waals surface area (Å²) in [5.41, 5.74) is 2.29. The average molecular weight is 553 g/mol. The van der Waals surface area contributed by atoms with Crippen molar-refractivity contribution >= 4 is 11.1 Å². The molecule has 0 spiro atoms.